The van der Waals surface area contributed by atoms with Gasteiger partial charge in [-0.3, -0.25) is 9.80 Å². The van der Waals surface area contributed by atoms with Gasteiger partial charge in [-0.2, -0.15) is 0 Å². The molecule has 1 saturated carbocycles. The molecule has 0 radical (unpaired) electrons. The first-order valence-corrected chi connectivity index (χ1v) is 7.79. The Hall–Kier alpha value is -0.120. The fourth-order valence-electron chi connectivity index (χ4n) is 3.78. The van der Waals surface area contributed by atoms with Gasteiger partial charge in [0.25, 0.3) is 0 Å². The normalized spacial score (nSPS) is 39.3. The largest absolute Gasteiger partial charge is 0.314 e. The summed E-state index contributed by atoms with van der Waals surface area (Å²) >= 11 is 0. The first-order valence-electron chi connectivity index (χ1n) is 7.79. The van der Waals surface area contributed by atoms with Gasteiger partial charge < -0.3 is 5.32 Å². The van der Waals surface area contributed by atoms with Gasteiger partial charge in [-0.25, -0.2) is 0 Å². The quantitative estimate of drug-likeness (QED) is 0.824. The van der Waals surface area contributed by atoms with Crippen molar-refractivity contribution in [3.8, 4) is 0 Å². The number of hydrogen-bond acceptors (Lipinski definition) is 3. The number of nitrogens with zero attached hydrogens (tertiary/aromatic N) is 2. The van der Waals surface area contributed by atoms with Crippen molar-refractivity contribution in [2.75, 3.05) is 33.2 Å². The maximum atomic E-state index is 3.68. The second kappa shape index (κ2) is 6.36. The molecular weight excluding hydrogens is 222 g/mol. The molecule has 18 heavy (non-hydrogen) atoms. The van der Waals surface area contributed by atoms with Gasteiger partial charge in [-0.05, 0) is 46.2 Å². The van der Waals surface area contributed by atoms with E-state index in [2.05, 4.69) is 42.9 Å². The lowest BCUT2D eigenvalue weighted by Gasteiger charge is -2.43. The van der Waals surface area contributed by atoms with Crippen LogP contribution in [0.1, 0.15) is 40.0 Å². The molecule has 1 heterocycles. The monoisotopic (exact) mass is 253 g/mol. The minimum Gasteiger partial charge on any atom is -0.314 e. The highest BCUT2D eigenvalue weighted by atomic mass is 15.3. The highest BCUT2D eigenvalue weighted by molar-refractivity contribution is 4.89. The van der Waals surface area contributed by atoms with Crippen LogP contribution in [0.15, 0.2) is 0 Å². The summed E-state index contributed by atoms with van der Waals surface area (Å²) in [5.41, 5.74) is 0. The Labute approximate surface area is 113 Å². The second-order valence-electron chi connectivity index (χ2n) is 6.44. The Morgan fingerprint density at radius 3 is 2.39 bits per heavy atom. The minimum atomic E-state index is 0.702. The van der Waals surface area contributed by atoms with E-state index in [4.69, 9.17) is 0 Å². The predicted molar refractivity (Wildman–Crippen MR) is 77.9 cm³/mol. The third-order valence-corrected chi connectivity index (χ3v) is 5.05. The molecule has 4 atom stereocenters. The van der Waals surface area contributed by atoms with E-state index in [1.165, 1.54) is 38.9 Å². The summed E-state index contributed by atoms with van der Waals surface area (Å²) in [6, 6.07) is 2.18. The van der Waals surface area contributed by atoms with E-state index in [9.17, 15) is 0 Å². The molecule has 0 aromatic carbocycles. The van der Waals surface area contributed by atoms with E-state index in [1.54, 1.807) is 0 Å². The summed E-state index contributed by atoms with van der Waals surface area (Å²) in [4.78, 5) is 5.22. The maximum absolute atomic E-state index is 3.68. The Balaban J connectivity index is 1.85. The zero-order valence-electron chi connectivity index (χ0n) is 12.7. The molecule has 3 heteroatoms. The molecule has 2 aliphatic rings. The van der Waals surface area contributed by atoms with Gasteiger partial charge in [0, 0.05) is 37.8 Å². The van der Waals surface area contributed by atoms with Crippen LogP contribution in [0.4, 0.5) is 0 Å². The summed E-state index contributed by atoms with van der Waals surface area (Å²) in [6.45, 7) is 11.9. The molecule has 1 N–H and O–H groups in total. The number of rotatable bonds is 4. The zero-order valence-corrected chi connectivity index (χ0v) is 12.7. The second-order valence-corrected chi connectivity index (χ2v) is 6.44. The van der Waals surface area contributed by atoms with Gasteiger partial charge in [0.1, 0.15) is 0 Å². The molecule has 0 spiro atoms. The highest BCUT2D eigenvalue weighted by Crippen LogP contribution is 2.27. The van der Waals surface area contributed by atoms with Crippen molar-refractivity contribution in [3.05, 3.63) is 0 Å². The SMILES string of the molecule is CCNC1CCCC1CN1CC(C)N(C)C(C)C1. The molecule has 1 aliphatic heterocycles. The number of nitrogens with one attached hydrogen (secondary N) is 1. The smallest absolute Gasteiger partial charge is 0.0195 e. The molecular formula is C15H31N3. The van der Waals surface area contributed by atoms with Crippen molar-refractivity contribution in [2.45, 2.75) is 58.2 Å². The van der Waals surface area contributed by atoms with Crippen molar-refractivity contribution < 1.29 is 0 Å². The molecule has 0 amide bonds. The van der Waals surface area contributed by atoms with Crippen LogP contribution in [-0.2, 0) is 0 Å². The average molecular weight is 253 g/mol. The molecule has 0 bridgehead atoms. The van der Waals surface area contributed by atoms with Gasteiger partial charge in [0.05, 0.1) is 0 Å². The van der Waals surface area contributed by atoms with Crippen LogP contribution in [0.3, 0.4) is 0 Å². The Morgan fingerprint density at radius 2 is 1.78 bits per heavy atom. The highest BCUT2D eigenvalue weighted by Gasteiger charge is 2.32. The average Bonchev–Trinajstić information content (AvgIpc) is 2.74. The topological polar surface area (TPSA) is 18.5 Å². The zero-order chi connectivity index (χ0) is 13.1. The van der Waals surface area contributed by atoms with E-state index in [0.717, 1.165) is 18.5 Å². The van der Waals surface area contributed by atoms with Crippen molar-refractivity contribution in [3.63, 3.8) is 0 Å². The Kier molecular flexibility index (Phi) is 5.05. The van der Waals surface area contributed by atoms with Crippen LogP contribution in [0.25, 0.3) is 0 Å². The number of piperazine rings is 1. The first kappa shape index (κ1) is 14.3. The first-order chi connectivity index (χ1) is 8.61. The van der Waals surface area contributed by atoms with Crippen LogP contribution in [0.5, 0.6) is 0 Å². The summed E-state index contributed by atoms with van der Waals surface area (Å²) in [5.74, 6) is 0.882. The summed E-state index contributed by atoms with van der Waals surface area (Å²) in [7, 11) is 2.27. The molecule has 3 nitrogen and oxygen atoms in total. The number of likely N-dealkylation sites (N-methyl/N-ethyl adjacent to an activating group) is 1. The minimum absolute atomic E-state index is 0.702. The molecule has 106 valence electrons. The molecule has 1 saturated heterocycles. The van der Waals surface area contributed by atoms with E-state index in [0.29, 0.717) is 12.1 Å². The van der Waals surface area contributed by atoms with Gasteiger partial charge in [-0.1, -0.05) is 13.3 Å². The van der Waals surface area contributed by atoms with E-state index in [1.807, 2.05) is 0 Å². The van der Waals surface area contributed by atoms with Crippen LogP contribution < -0.4 is 5.32 Å². The lowest BCUT2D eigenvalue weighted by Crippen LogP contribution is -2.56. The maximum Gasteiger partial charge on any atom is 0.0195 e. The Morgan fingerprint density at radius 1 is 1.11 bits per heavy atom. The molecule has 0 aromatic heterocycles. The molecule has 0 aromatic rings. The van der Waals surface area contributed by atoms with E-state index >= 15 is 0 Å². The van der Waals surface area contributed by atoms with Gasteiger partial charge in [0.2, 0.25) is 0 Å². The van der Waals surface area contributed by atoms with Crippen molar-refractivity contribution in [1.29, 1.82) is 0 Å². The molecule has 2 rings (SSSR count). The Bertz CT molecular complexity index is 244. The van der Waals surface area contributed by atoms with Crippen LogP contribution >= 0.6 is 0 Å². The van der Waals surface area contributed by atoms with Crippen LogP contribution in [0, 0.1) is 5.92 Å². The van der Waals surface area contributed by atoms with E-state index < -0.39 is 0 Å². The number of hydrogen-bond donors (Lipinski definition) is 1. The predicted octanol–water partition coefficient (Wildman–Crippen LogP) is 1.79. The van der Waals surface area contributed by atoms with Gasteiger partial charge >= 0.3 is 0 Å². The molecule has 1 aliphatic carbocycles. The molecule has 4 unspecified atom stereocenters. The van der Waals surface area contributed by atoms with Crippen molar-refractivity contribution in [1.82, 2.24) is 15.1 Å². The van der Waals surface area contributed by atoms with Gasteiger partial charge in [0.15, 0.2) is 0 Å². The van der Waals surface area contributed by atoms with Crippen molar-refractivity contribution >= 4 is 0 Å². The fraction of sp³-hybridized carbons (Fsp3) is 1.00. The van der Waals surface area contributed by atoms with Crippen LogP contribution in [-0.4, -0.2) is 61.2 Å². The standard InChI is InChI=1S/C15H31N3/c1-5-16-15-8-6-7-14(15)11-18-9-12(2)17(4)13(3)10-18/h12-16H,5-11H2,1-4H3. The lowest BCUT2D eigenvalue weighted by molar-refractivity contribution is 0.0487. The lowest BCUT2D eigenvalue weighted by atomic mass is 10.0. The van der Waals surface area contributed by atoms with Crippen molar-refractivity contribution in [2.24, 2.45) is 5.92 Å². The summed E-state index contributed by atoms with van der Waals surface area (Å²) < 4.78 is 0. The summed E-state index contributed by atoms with van der Waals surface area (Å²) in [6.07, 6.45) is 4.23. The van der Waals surface area contributed by atoms with E-state index in [-0.39, 0.29) is 0 Å². The summed E-state index contributed by atoms with van der Waals surface area (Å²) in [5, 5.41) is 3.68. The van der Waals surface area contributed by atoms with Crippen LogP contribution in [0.2, 0.25) is 0 Å². The fourth-order valence-corrected chi connectivity index (χ4v) is 3.78. The third kappa shape index (κ3) is 3.25. The third-order valence-electron chi connectivity index (χ3n) is 5.05. The molecule has 2 fully saturated rings. The van der Waals surface area contributed by atoms with Gasteiger partial charge in [-0.15, -0.1) is 0 Å².